The summed E-state index contributed by atoms with van der Waals surface area (Å²) in [5.41, 5.74) is 0.614. The monoisotopic (exact) mass is 299 g/mol. The van der Waals surface area contributed by atoms with E-state index in [4.69, 9.17) is 4.84 Å². The van der Waals surface area contributed by atoms with E-state index in [9.17, 15) is 18.8 Å². The second-order valence-electron chi connectivity index (χ2n) is 4.79. The van der Waals surface area contributed by atoms with E-state index >= 15 is 0 Å². The van der Waals surface area contributed by atoms with Crippen molar-refractivity contribution >= 4 is 17.8 Å². The Balaban J connectivity index is 1.85. The molecule has 22 heavy (non-hydrogen) atoms. The second-order valence-corrected chi connectivity index (χ2v) is 4.79. The van der Waals surface area contributed by atoms with E-state index in [-0.39, 0.29) is 16.7 Å². The Kier molecular flexibility index (Phi) is 3.21. The number of hydrogen-bond donors (Lipinski definition) is 0. The zero-order chi connectivity index (χ0) is 15.9. The van der Waals surface area contributed by atoms with E-state index in [1.807, 2.05) is 0 Å². The summed E-state index contributed by atoms with van der Waals surface area (Å²) in [5.74, 6) is -2.99. The van der Waals surface area contributed by atoms with E-state index < -0.39 is 23.6 Å². The third-order valence-electron chi connectivity index (χ3n) is 3.34. The molecule has 0 saturated heterocycles. The standard InChI is InChI=1S/C16H10FNO4/c1-9-6-7-10(8-13(9)17)16(21)22-18-14(19)11-4-2-3-5-12(11)15(18)20/h2-8H,1H3. The minimum absolute atomic E-state index is 0.0837. The van der Waals surface area contributed by atoms with Crippen LogP contribution in [0.1, 0.15) is 36.6 Å². The third-order valence-corrected chi connectivity index (χ3v) is 3.34. The molecule has 0 aromatic heterocycles. The van der Waals surface area contributed by atoms with Crippen molar-refractivity contribution in [2.24, 2.45) is 0 Å². The fourth-order valence-corrected chi connectivity index (χ4v) is 2.11. The first-order valence-electron chi connectivity index (χ1n) is 6.45. The molecule has 0 spiro atoms. The first kappa shape index (κ1) is 13.9. The molecule has 0 unspecified atom stereocenters. The van der Waals surface area contributed by atoms with Crippen LogP contribution in [0.3, 0.4) is 0 Å². The number of halogens is 1. The van der Waals surface area contributed by atoms with Crippen LogP contribution in [-0.4, -0.2) is 22.8 Å². The molecule has 6 heteroatoms. The fourth-order valence-electron chi connectivity index (χ4n) is 2.11. The van der Waals surface area contributed by atoms with Crippen molar-refractivity contribution in [3.63, 3.8) is 0 Å². The summed E-state index contributed by atoms with van der Waals surface area (Å²) in [5, 5.41) is 0.394. The number of nitrogens with zero attached hydrogens (tertiary/aromatic N) is 1. The number of hydrogen-bond acceptors (Lipinski definition) is 4. The average molecular weight is 299 g/mol. The zero-order valence-corrected chi connectivity index (χ0v) is 11.5. The number of aryl methyl sites for hydroxylation is 1. The van der Waals surface area contributed by atoms with Crippen molar-refractivity contribution in [1.29, 1.82) is 0 Å². The van der Waals surface area contributed by atoms with Crippen LogP contribution in [0.15, 0.2) is 42.5 Å². The Bertz CT molecular complexity index is 781. The third kappa shape index (κ3) is 2.14. The smallest absolute Gasteiger partial charge is 0.324 e. The number of imide groups is 1. The van der Waals surface area contributed by atoms with Gasteiger partial charge in [-0.15, -0.1) is 0 Å². The van der Waals surface area contributed by atoms with Crippen LogP contribution in [0, 0.1) is 12.7 Å². The summed E-state index contributed by atoms with van der Waals surface area (Å²) in [7, 11) is 0. The molecule has 0 saturated carbocycles. The Labute approximate surface area is 124 Å². The lowest BCUT2D eigenvalue weighted by Gasteiger charge is -2.12. The fraction of sp³-hybridized carbons (Fsp3) is 0.0625. The first-order valence-corrected chi connectivity index (χ1v) is 6.45. The molecule has 1 aliphatic heterocycles. The maximum atomic E-state index is 13.5. The van der Waals surface area contributed by atoms with E-state index in [1.165, 1.54) is 24.3 Å². The van der Waals surface area contributed by atoms with Gasteiger partial charge in [-0.05, 0) is 36.8 Å². The highest BCUT2D eigenvalue weighted by molar-refractivity contribution is 6.21. The van der Waals surface area contributed by atoms with Gasteiger partial charge in [0.2, 0.25) is 0 Å². The van der Waals surface area contributed by atoms with E-state index in [2.05, 4.69) is 0 Å². The van der Waals surface area contributed by atoms with Crippen molar-refractivity contribution in [2.75, 3.05) is 0 Å². The highest BCUT2D eigenvalue weighted by Crippen LogP contribution is 2.23. The Hall–Kier alpha value is -3.02. The van der Waals surface area contributed by atoms with Gasteiger partial charge in [0, 0.05) is 0 Å². The van der Waals surface area contributed by atoms with Gasteiger partial charge in [0.15, 0.2) is 0 Å². The molecule has 2 aromatic carbocycles. The van der Waals surface area contributed by atoms with Crippen molar-refractivity contribution in [3.8, 4) is 0 Å². The summed E-state index contributed by atoms with van der Waals surface area (Å²) in [6.07, 6.45) is 0. The molecule has 0 bridgehead atoms. The quantitative estimate of drug-likeness (QED) is 0.799. The average Bonchev–Trinajstić information content (AvgIpc) is 2.75. The van der Waals surface area contributed by atoms with Crippen LogP contribution in [0.5, 0.6) is 0 Å². The SMILES string of the molecule is Cc1ccc(C(=O)ON2C(=O)c3ccccc3C2=O)cc1F. The summed E-state index contributed by atoms with van der Waals surface area (Å²) >= 11 is 0. The highest BCUT2D eigenvalue weighted by Gasteiger charge is 2.38. The maximum Gasteiger partial charge on any atom is 0.364 e. The zero-order valence-electron chi connectivity index (χ0n) is 11.5. The van der Waals surface area contributed by atoms with E-state index in [1.54, 1.807) is 19.1 Å². The van der Waals surface area contributed by atoms with Gasteiger partial charge in [0.05, 0.1) is 16.7 Å². The molecule has 5 nitrogen and oxygen atoms in total. The molecule has 0 radical (unpaired) electrons. The minimum atomic E-state index is -0.978. The van der Waals surface area contributed by atoms with Gasteiger partial charge in [-0.1, -0.05) is 23.3 Å². The number of rotatable bonds is 2. The molecule has 3 rings (SSSR count). The van der Waals surface area contributed by atoms with Crippen LogP contribution < -0.4 is 0 Å². The van der Waals surface area contributed by atoms with Gasteiger partial charge in [0.1, 0.15) is 5.82 Å². The predicted octanol–water partition coefficient (Wildman–Crippen LogP) is 2.50. The van der Waals surface area contributed by atoms with Crippen LogP contribution >= 0.6 is 0 Å². The summed E-state index contributed by atoms with van der Waals surface area (Å²) in [6.45, 7) is 1.55. The number of benzene rings is 2. The lowest BCUT2D eigenvalue weighted by atomic mass is 10.1. The van der Waals surface area contributed by atoms with Crippen molar-refractivity contribution < 1.29 is 23.6 Å². The molecule has 0 N–H and O–H groups in total. The van der Waals surface area contributed by atoms with Gasteiger partial charge in [-0.2, -0.15) is 0 Å². The molecule has 110 valence electrons. The molecule has 0 fully saturated rings. The topological polar surface area (TPSA) is 63.7 Å². The van der Waals surface area contributed by atoms with E-state index in [0.717, 1.165) is 6.07 Å². The Morgan fingerprint density at radius 1 is 1.05 bits per heavy atom. The maximum absolute atomic E-state index is 13.5. The van der Waals surface area contributed by atoms with Crippen LogP contribution in [0.2, 0.25) is 0 Å². The van der Waals surface area contributed by atoms with Crippen molar-refractivity contribution in [2.45, 2.75) is 6.92 Å². The minimum Gasteiger partial charge on any atom is -0.324 e. The van der Waals surface area contributed by atoms with Gasteiger partial charge < -0.3 is 4.84 Å². The molecule has 0 aliphatic carbocycles. The normalized spacial score (nSPS) is 13.3. The molecule has 1 heterocycles. The number of carbonyl (C=O) groups excluding carboxylic acids is 3. The van der Waals surface area contributed by atoms with Gasteiger partial charge in [-0.25, -0.2) is 9.18 Å². The molecule has 2 amide bonds. The number of hydroxylamine groups is 2. The molecular weight excluding hydrogens is 289 g/mol. The number of amides is 2. The lowest BCUT2D eigenvalue weighted by Crippen LogP contribution is -2.32. The molecule has 0 atom stereocenters. The van der Waals surface area contributed by atoms with E-state index in [0.29, 0.717) is 10.6 Å². The largest absolute Gasteiger partial charge is 0.364 e. The van der Waals surface area contributed by atoms with Gasteiger partial charge >= 0.3 is 5.97 Å². The highest BCUT2D eigenvalue weighted by atomic mass is 19.1. The van der Waals surface area contributed by atoms with Crippen molar-refractivity contribution in [1.82, 2.24) is 5.06 Å². The van der Waals surface area contributed by atoms with Crippen LogP contribution in [0.4, 0.5) is 4.39 Å². The predicted molar refractivity (Wildman–Crippen MR) is 73.5 cm³/mol. The molecule has 2 aromatic rings. The second kappa shape index (κ2) is 5.07. The number of fused-ring (bicyclic) bond motifs is 1. The Morgan fingerprint density at radius 2 is 1.64 bits per heavy atom. The van der Waals surface area contributed by atoms with Crippen LogP contribution in [-0.2, 0) is 4.84 Å². The van der Waals surface area contributed by atoms with Crippen molar-refractivity contribution in [3.05, 3.63) is 70.5 Å². The summed E-state index contributed by atoms with van der Waals surface area (Å²) in [6, 6.07) is 9.91. The summed E-state index contributed by atoms with van der Waals surface area (Å²) in [4.78, 5) is 40.9. The first-order chi connectivity index (χ1) is 10.5. The molecular formula is C16H10FNO4. The number of carbonyl (C=O) groups is 3. The van der Waals surface area contributed by atoms with Crippen LogP contribution in [0.25, 0.3) is 0 Å². The summed E-state index contributed by atoms with van der Waals surface area (Å²) < 4.78 is 13.5. The Morgan fingerprint density at radius 3 is 2.18 bits per heavy atom. The lowest BCUT2D eigenvalue weighted by molar-refractivity contribution is -0.0584. The van der Waals surface area contributed by atoms with Gasteiger partial charge in [-0.3, -0.25) is 9.59 Å². The molecule has 1 aliphatic rings. The van der Waals surface area contributed by atoms with Gasteiger partial charge in [0.25, 0.3) is 11.8 Å².